The fraction of sp³-hybridized carbons (Fsp3) is 0.385. The van der Waals surface area contributed by atoms with E-state index >= 15 is 0 Å². The molecule has 1 aliphatic heterocycles. The molecule has 0 radical (unpaired) electrons. The molecule has 3 heterocycles. The average Bonchev–Trinajstić information content (AvgIpc) is 3.17. The minimum absolute atomic E-state index is 0. The van der Waals surface area contributed by atoms with Crippen LogP contribution in [0.25, 0.3) is 33.1 Å². The van der Waals surface area contributed by atoms with Gasteiger partial charge in [-0.05, 0) is 36.6 Å². The van der Waals surface area contributed by atoms with Crippen LogP contribution in [0.5, 0.6) is 11.6 Å². The molecule has 2 aromatic heterocycles. The number of benzene rings is 2. The van der Waals surface area contributed by atoms with Gasteiger partial charge in [0.15, 0.2) is 5.88 Å². The Morgan fingerprint density at radius 2 is 1.91 bits per heavy atom. The standard InChI is InChI=1S/C26H30N4O3.ClH/c1-2-4-18-5-7-20-23(15-18)29-26(31)24(20)25-21-8-6-19(16-22(21)27-17-28-25)33-12-3-9-30-10-13-32-14-11-30;/h5-8,15-17,29,31H,2-4,9-14H2,1H3;1H. The largest absolute Gasteiger partial charge is 0.494 e. The van der Waals surface area contributed by atoms with Crippen molar-refractivity contribution < 1.29 is 14.6 Å². The topological polar surface area (TPSA) is 83.5 Å². The lowest BCUT2D eigenvalue weighted by atomic mass is 10.0. The summed E-state index contributed by atoms with van der Waals surface area (Å²) in [6.45, 7) is 7.47. The predicted octanol–water partition coefficient (Wildman–Crippen LogP) is 4.96. The summed E-state index contributed by atoms with van der Waals surface area (Å²) in [5.74, 6) is 0.920. The highest BCUT2D eigenvalue weighted by Gasteiger charge is 2.18. The number of aromatic nitrogens is 3. The third-order valence-corrected chi connectivity index (χ3v) is 6.22. The fourth-order valence-electron chi connectivity index (χ4n) is 4.54. The van der Waals surface area contributed by atoms with E-state index in [2.05, 4.69) is 45.0 Å². The van der Waals surface area contributed by atoms with E-state index in [-0.39, 0.29) is 18.3 Å². The highest BCUT2D eigenvalue weighted by Crippen LogP contribution is 2.39. The Morgan fingerprint density at radius 1 is 1.09 bits per heavy atom. The van der Waals surface area contributed by atoms with Crippen LogP contribution in [0.3, 0.4) is 0 Å². The molecule has 0 unspecified atom stereocenters. The monoisotopic (exact) mass is 482 g/mol. The zero-order chi connectivity index (χ0) is 22.6. The van der Waals surface area contributed by atoms with Crippen molar-refractivity contribution in [2.45, 2.75) is 26.2 Å². The van der Waals surface area contributed by atoms with Gasteiger partial charge in [-0.2, -0.15) is 0 Å². The second-order valence-corrected chi connectivity index (χ2v) is 8.54. The number of morpholine rings is 1. The third-order valence-electron chi connectivity index (χ3n) is 6.22. The minimum Gasteiger partial charge on any atom is -0.494 e. The molecule has 0 saturated carbocycles. The quantitative estimate of drug-likeness (QED) is 0.345. The molecular formula is C26H31ClN4O3. The molecule has 1 fully saturated rings. The van der Waals surface area contributed by atoms with Crippen LogP contribution >= 0.6 is 12.4 Å². The predicted molar refractivity (Wildman–Crippen MR) is 137 cm³/mol. The van der Waals surface area contributed by atoms with Crippen molar-refractivity contribution >= 4 is 34.2 Å². The second-order valence-electron chi connectivity index (χ2n) is 8.54. The summed E-state index contributed by atoms with van der Waals surface area (Å²) >= 11 is 0. The van der Waals surface area contributed by atoms with Crippen LogP contribution < -0.4 is 4.74 Å². The van der Waals surface area contributed by atoms with Gasteiger partial charge < -0.3 is 19.6 Å². The molecule has 0 amide bonds. The first-order chi connectivity index (χ1) is 16.2. The summed E-state index contributed by atoms with van der Waals surface area (Å²) in [6.07, 6.45) is 4.61. The number of nitrogens with one attached hydrogen (secondary N) is 1. The van der Waals surface area contributed by atoms with Crippen LogP contribution in [0.2, 0.25) is 0 Å². The van der Waals surface area contributed by atoms with Crippen molar-refractivity contribution in [1.82, 2.24) is 19.9 Å². The molecule has 34 heavy (non-hydrogen) atoms. The number of hydrogen-bond acceptors (Lipinski definition) is 6. The highest BCUT2D eigenvalue weighted by molar-refractivity contribution is 6.05. The van der Waals surface area contributed by atoms with E-state index in [1.54, 1.807) is 6.33 Å². The van der Waals surface area contributed by atoms with Crippen molar-refractivity contribution in [1.29, 1.82) is 0 Å². The Labute approximate surface area is 205 Å². The molecule has 7 nitrogen and oxygen atoms in total. The van der Waals surface area contributed by atoms with Gasteiger partial charge in [0, 0.05) is 42.0 Å². The van der Waals surface area contributed by atoms with E-state index in [0.717, 1.165) is 79.7 Å². The van der Waals surface area contributed by atoms with Crippen LogP contribution in [-0.2, 0) is 11.2 Å². The Hall–Kier alpha value is -2.87. The van der Waals surface area contributed by atoms with E-state index in [1.807, 2.05) is 18.2 Å². The number of aromatic hydroxyl groups is 1. The Balaban J connectivity index is 0.00000274. The van der Waals surface area contributed by atoms with Gasteiger partial charge in [-0.15, -0.1) is 12.4 Å². The lowest BCUT2D eigenvalue weighted by molar-refractivity contribution is 0.0358. The van der Waals surface area contributed by atoms with Gasteiger partial charge in [0.1, 0.15) is 12.1 Å². The van der Waals surface area contributed by atoms with Crippen molar-refractivity contribution in [3.8, 4) is 22.9 Å². The van der Waals surface area contributed by atoms with Crippen LogP contribution in [0.15, 0.2) is 42.7 Å². The van der Waals surface area contributed by atoms with E-state index < -0.39 is 0 Å². The molecule has 2 N–H and O–H groups in total. The minimum atomic E-state index is 0. The molecule has 180 valence electrons. The van der Waals surface area contributed by atoms with Gasteiger partial charge in [-0.1, -0.05) is 25.5 Å². The summed E-state index contributed by atoms with van der Waals surface area (Å²) in [7, 11) is 0. The molecule has 1 saturated heterocycles. The zero-order valence-corrected chi connectivity index (χ0v) is 20.2. The maximum absolute atomic E-state index is 10.7. The molecule has 8 heteroatoms. The molecule has 0 spiro atoms. The van der Waals surface area contributed by atoms with Gasteiger partial charge in [0.05, 0.1) is 36.6 Å². The Morgan fingerprint density at radius 3 is 2.74 bits per heavy atom. The molecule has 4 aromatic rings. The number of hydrogen-bond donors (Lipinski definition) is 2. The number of aryl methyl sites for hydroxylation is 1. The van der Waals surface area contributed by atoms with Crippen molar-refractivity contribution in [3.05, 3.63) is 48.3 Å². The molecule has 0 bridgehead atoms. The van der Waals surface area contributed by atoms with Crippen LogP contribution in [0, 0.1) is 0 Å². The number of nitrogens with zero attached hydrogens (tertiary/aromatic N) is 3. The number of fused-ring (bicyclic) bond motifs is 2. The smallest absolute Gasteiger partial charge is 0.199 e. The van der Waals surface area contributed by atoms with Gasteiger partial charge in [-0.25, -0.2) is 9.97 Å². The second kappa shape index (κ2) is 11.0. The van der Waals surface area contributed by atoms with E-state index in [0.29, 0.717) is 17.9 Å². The van der Waals surface area contributed by atoms with E-state index in [9.17, 15) is 5.11 Å². The molecule has 0 aliphatic carbocycles. The van der Waals surface area contributed by atoms with Crippen molar-refractivity contribution in [3.63, 3.8) is 0 Å². The Kier molecular flexibility index (Phi) is 7.88. The molecule has 2 aromatic carbocycles. The first kappa shape index (κ1) is 24.3. The lowest BCUT2D eigenvalue weighted by Crippen LogP contribution is -2.37. The fourth-order valence-corrected chi connectivity index (χ4v) is 4.54. The normalized spacial score (nSPS) is 14.4. The first-order valence-corrected chi connectivity index (χ1v) is 11.7. The van der Waals surface area contributed by atoms with Crippen molar-refractivity contribution in [2.24, 2.45) is 0 Å². The lowest BCUT2D eigenvalue weighted by Gasteiger charge is -2.26. The number of halogens is 1. The summed E-state index contributed by atoms with van der Waals surface area (Å²) < 4.78 is 11.4. The number of ether oxygens (including phenoxy) is 2. The van der Waals surface area contributed by atoms with Crippen LogP contribution in [0.4, 0.5) is 0 Å². The SMILES string of the molecule is CCCc1ccc2c(-c3ncnc4cc(OCCCN5CCOCC5)ccc34)c(O)[nH]c2c1.Cl. The number of H-pyrrole nitrogens is 1. The molecule has 5 rings (SSSR count). The molecular weight excluding hydrogens is 452 g/mol. The van der Waals surface area contributed by atoms with Crippen LogP contribution in [0.1, 0.15) is 25.3 Å². The zero-order valence-electron chi connectivity index (χ0n) is 19.4. The van der Waals surface area contributed by atoms with Gasteiger partial charge in [0.2, 0.25) is 0 Å². The van der Waals surface area contributed by atoms with Gasteiger partial charge in [-0.3, -0.25) is 4.90 Å². The Bertz CT molecular complexity index is 1250. The third kappa shape index (κ3) is 5.12. The van der Waals surface area contributed by atoms with Gasteiger partial charge >= 0.3 is 0 Å². The average molecular weight is 483 g/mol. The summed E-state index contributed by atoms with van der Waals surface area (Å²) in [6, 6.07) is 12.2. The van der Waals surface area contributed by atoms with Gasteiger partial charge in [0.25, 0.3) is 0 Å². The first-order valence-electron chi connectivity index (χ1n) is 11.7. The maximum atomic E-state index is 10.7. The molecule has 1 aliphatic rings. The number of rotatable bonds is 8. The highest BCUT2D eigenvalue weighted by atomic mass is 35.5. The van der Waals surface area contributed by atoms with E-state index in [1.165, 1.54) is 5.56 Å². The van der Waals surface area contributed by atoms with Crippen molar-refractivity contribution in [2.75, 3.05) is 39.5 Å². The maximum Gasteiger partial charge on any atom is 0.199 e. The molecule has 0 atom stereocenters. The number of aromatic amines is 1. The summed E-state index contributed by atoms with van der Waals surface area (Å²) in [4.78, 5) is 14.5. The van der Waals surface area contributed by atoms with Crippen LogP contribution in [-0.4, -0.2) is 64.4 Å². The summed E-state index contributed by atoms with van der Waals surface area (Å²) in [5.41, 5.74) is 4.38. The summed E-state index contributed by atoms with van der Waals surface area (Å²) in [5, 5.41) is 12.6. The van der Waals surface area contributed by atoms with E-state index in [4.69, 9.17) is 9.47 Å².